The molecule has 10 heteroatoms. The molecule has 4 nitrogen and oxygen atoms in total. The van der Waals surface area contributed by atoms with Crippen LogP contribution in [-0.2, 0) is 4.79 Å². The van der Waals surface area contributed by atoms with Crippen molar-refractivity contribution in [3.63, 3.8) is 0 Å². The van der Waals surface area contributed by atoms with Gasteiger partial charge in [0.05, 0.1) is 20.7 Å². The van der Waals surface area contributed by atoms with E-state index in [0.717, 1.165) is 0 Å². The zero-order chi connectivity index (χ0) is 15.0. The van der Waals surface area contributed by atoms with Crippen molar-refractivity contribution in [1.29, 1.82) is 0 Å². The number of amides is 1. The lowest BCUT2D eigenvalue weighted by Gasteiger charge is -2.13. The molecule has 0 heterocycles. The highest BCUT2D eigenvalue weighted by Crippen LogP contribution is 2.36. The Morgan fingerprint density at radius 2 is 1.89 bits per heavy atom. The second-order valence-corrected chi connectivity index (χ2v) is 4.34. The molecular formula is C9H3BrClF4NO3. The number of carbonyl (C=O) groups excluding carboxylic acids is 1. The Hall–Kier alpha value is -1.35. The van der Waals surface area contributed by atoms with E-state index in [1.54, 1.807) is 0 Å². The van der Waals surface area contributed by atoms with Gasteiger partial charge in [0, 0.05) is 0 Å². The Morgan fingerprint density at radius 1 is 1.37 bits per heavy atom. The standard InChI is InChI=1S/C9H3BrClF4NO3/c10-4-3(12)1-2(7(17)18)5(11)6(4)16-8(19)9(13,14)15/h1H,(H,16,19)(H,17,18). The van der Waals surface area contributed by atoms with Crippen LogP contribution in [0.4, 0.5) is 23.2 Å². The third kappa shape index (κ3) is 3.35. The third-order valence-corrected chi connectivity index (χ3v) is 3.05. The largest absolute Gasteiger partial charge is 0.478 e. The predicted octanol–water partition coefficient (Wildman–Crippen LogP) is 3.44. The fraction of sp³-hybridized carbons (Fsp3) is 0.111. The summed E-state index contributed by atoms with van der Waals surface area (Å²) in [5, 5.41) is 9.28. The van der Waals surface area contributed by atoms with E-state index in [1.165, 1.54) is 5.32 Å². The molecule has 19 heavy (non-hydrogen) atoms. The van der Waals surface area contributed by atoms with Crippen molar-refractivity contribution in [3.05, 3.63) is 26.9 Å². The number of benzene rings is 1. The summed E-state index contributed by atoms with van der Waals surface area (Å²) in [5.41, 5.74) is -1.58. The van der Waals surface area contributed by atoms with Crippen LogP contribution >= 0.6 is 27.5 Å². The molecule has 0 fully saturated rings. The van der Waals surface area contributed by atoms with Crippen LogP contribution in [0.15, 0.2) is 10.5 Å². The number of nitrogens with one attached hydrogen (secondary N) is 1. The molecule has 0 saturated carbocycles. The number of carbonyl (C=O) groups is 2. The van der Waals surface area contributed by atoms with E-state index in [2.05, 4.69) is 15.9 Å². The van der Waals surface area contributed by atoms with Gasteiger partial charge in [-0.15, -0.1) is 0 Å². The van der Waals surface area contributed by atoms with E-state index in [1.807, 2.05) is 0 Å². The van der Waals surface area contributed by atoms with E-state index in [0.29, 0.717) is 6.07 Å². The fourth-order valence-corrected chi connectivity index (χ4v) is 1.86. The van der Waals surface area contributed by atoms with Crippen LogP contribution in [0.2, 0.25) is 5.02 Å². The second-order valence-electron chi connectivity index (χ2n) is 3.17. The van der Waals surface area contributed by atoms with Crippen LogP contribution in [0.1, 0.15) is 10.4 Å². The van der Waals surface area contributed by atoms with Crippen LogP contribution in [0.5, 0.6) is 0 Å². The maximum Gasteiger partial charge on any atom is 0.471 e. The van der Waals surface area contributed by atoms with Crippen molar-refractivity contribution in [2.75, 3.05) is 5.32 Å². The van der Waals surface area contributed by atoms with Crippen LogP contribution in [0, 0.1) is 5.82 Å². The molecule has 0 atom stereocenters. The molecule has 0 aliphatic heterocycles. The van der Waals surface area contributed by atoms with Crippen LogP contribution in [0.25, 0.3) is 0 Å². The van der Waals surface area contributed by atoms with E-state index in [4.69, 9.17) is 16.7 Å². The molecule has 0 unspecified atom stereocenters. The number of aromatic carboxylic acids is 1. The van der Waals surface area contributed by atoms with Crippen molar-refractivity contribution in [3.8, 4) is 0 Å². The number of carboxylic acids is 1. The van der Waals surface area contributed by atoms with Gasteiger partial charge in [-0.05, 0) is 22.0 Å². The Balaban J connectivity index is 3.35. The first-order valence-electron chi connectivity index (χ1n) is 4.34. The zero-order valence-electron chi connectivity index (χ0n) is 8.61. The molecule has 2 N–H and O–H groups in total. The van der Waals surface area contributed by atoms with Gasteiger partial charge in [0.15, 0.2) is 0 Å². The van der Waals surface area contributed by atoms with Crippen LogP contribution < -0.4 is 5.32 Å². The van der Waals surface area contributed by atoms with Gasteiger partial charge < -0.3 is 10.4 Å². The van der Waals surface area contributed by atoms with E-state index in [-0.39, 0.29) is 0 Å². The molecule has 0 saturated heterocycles. The molecule has 0 aromatic heterocycles. The topological polar surface area (TPSA) is 66.4 Å². The average Bonchev–Trinajstić information content (AvgIpc) is 2.27. The normalized spacial score (nSPS) is 11.3. The van der Waals surface area contributed by atoms with E-state index in [9.17, 15) is 27.2 Å². The number of hydrogen-bond donors (Lipinski definition) is 2. The van der Waals surface area contributed by atoms with Gasteiger partial charge in [0.25, 0.3) is 0 Å². The number of rotatable bonds is 2. The second kappa shape index (κ2) is 5.33. The number of anilines is 1. The van der Waals surface area contributed by atoms with E-state index < -0.39 is 44.6 Å². The Morgan fingerprint density at radius 3 is 2.32 bits per heavy atom. The van der Waals surface area contributed by atoms with E-state index >= 15 is 0 Å². The maximum atomic E-state index is 13.3. The smallest absolute Gasteiger partial charge is 0.471 e. The Kier molecular flexibility index (Phi) is 4.41. The zero-order valence-corrected chi connectivity index (χ0v) is 11.0. The monoisotopic (exact) mass is 363 g/mol. The molecule has 104 valence electrons. The molecule has 0 radical (unpaired) electrons. The summed E-state index contributed by atoms with van der Waals surface area (Å²) in [6.45, 7) is 0. The SMILES string of the molecule is O=C(O)c1cc(F)c(Br)c(NC(=O)C(F)(F)F)c1Cl. The molecule has 0 aliphatic rings. The van der Waals surface area contributed by atoms with Crippen molar-refractivity contribution >= 4 is 45.1 Å². The van der Waals surface area contributed by atoms with Crippen LogP contribution in [-0.4, -0.2) is 23.2 Å². The number of halogens is 6. The highest BCUT2D eigenvalue weighted by Gasteiger charge is 2.39. The summed E-state index contributed by atoms with van der Waals surface area (Å²) in [6, 6.07) is 0.512. The molecule has 0 aliphatic carbocycles. The summed E-state index contributed by atoms with van der Waals surface area (Å²) in [4.78, 5) is 21.5. The molecule has 1 amide bonds. The summed E-state index contributed by atoms with van der Waals surface area (Å²) < 4.78 is 49.0. The van der Waals surface area contributed by atoms with Gasteiger partial charge in [-0.25, -0.2) is 9.18 Å². The number of hydrogen-bond acceptors (Lipinski definition) is 2. The van der Waals surface area contributed by atoms with Gasteiger partial charge in [-0.2, -0.15) is 13.2 Å². The van der Waals surface area contributed by atoms with Gasteiger partial charge in [0.2, 0.25) is 0 Å². The average molecular weight is 364 g/mol. The number of alkyl halides is 3. The lowest BCUT2D eigenvalue weighted by Crippen LogP contribution is -2.30. The lowest BCUT2D eigenvalue weighted by molar-refractivity contribution is -0.167. The first-order valence-corrected chi connectivity index (χ1v) is 5.51. The van der Waals surface area contributed by atoms with Crippen LogP contribution in [0.3, 0.4) is 0 Å². The van der Waals surface area contributed by atoms with Gasteiger partial charge in [-0.1, -0.05) is 11.6 Å². The first-order chi connectivity index (χ1) is 8.55. The van der Waals surface area contributed by atoms with Crippen molar-refractivity contribution in [1.82, 2.24) is 0 Å². The molecule has 0 bridgehead atoms. The fourth-order valence-electron chi connectivity index (χ4n) is 1.05. The minimum Gasteiger partial charge on any atom is -0.478 e. The van der Waals surface area contributed by atoms with Crippen molar-refractivity contribution in [2.24, 2.45) is 0 Å². The quantitative estimate of drug-likeness (QED) is 0.624. The Labute approximate surface area is 116 Å². The van der Waals surface area contributed by atoms with Gasteiger partial charge in [-0.3, -0.25) is 4.79 Å². The molecule has 1 aromatic carbocycles. The molecular weight excluding hydrogens is 361 g/mol. The molecule has 0 spiro atoms. The van der Waals surface area contributed by atoms with Gasteiger partial charge in [0.1, 0.15) is 5.82 Å². The third-order valence-electron chi connectivity index (χ3n) is 1.88. The summed E-state index contributed by atoms with van der Waals surface area (Å²) in [6.07, 6.45) is -5.22. The Bertz CT molecular complexity index is 561. The molecule has 1 rings (SSSR count). The predicted molar refractivity (Wildman–Crippen MR) is 60.8 cm³/mol. The summed E-state index contributed by atoms with van der Waals surface area (Å²) in [7, 11) is 0. The van der Waals surface area contributed by atoms with Crippen molar-refractivity contribution < 1.29 is 32.3 Å². The maximum absolute atomic E-state index is 13.3. The lowest BCUT2D eigenvalue weighted by atomic mass is 10.2. The highest BCUT2D eigenvalue weighted by atomic mass is 79.9. The highest BCUT2D eigenvalue weighted by molar-refractivity contribution is 9.10. The minimum absolute atomic E-state index is 0.512. The van der Waals surface area contributed by atoms with Crippen molar-refractivity contribution in [2.45, 2.75) is 6.18 Å². The summed E-state index contributed by atoms with van der Waals surface area (Å²) >= 11 is 8.09. The number of carboxylic acid groups (broad SMARTS) is 1. The minimum atomic E-state index is -5.22. The first kappa shape index (κ1) is 15.7. The van der Waals surface area contributed by atoms with Gasteiger partial charge >= 0.3 is 18.1 Å². The summed E-state index contributed by atoms with van der Waals surface area (Å²) in [5.74, 6) is -5.24. The molecule has 1 aromatic rings.